The molecule has 1 heterocycles. The highest BCUT2D eigenvalue weighted by Crippen LogP contribution is 2.00. The monoisotopic (exact) mass is 152 g/mol. The lowest BCUT2D eigenvalue weighted by Crippen LogP contribution is -2.01. The van der Waals surface area contributed by atoms with Crippen LogP contribution in [0.5, 0.6) is 0 Å². The summed E-state index contributed by atoms with van der Waals surface area (Å²) in [5.74, 6) is -0.418. The second kappa shape index (κ2) is 3.01. The largest absolute Gasteiger partial charge is 0.464 e. The number of aromatic amines is 1. The Labute approximate surface area is 63.7 Å². The molecule has 11 heavy (non-hydrogen) atoms. The van der Waals surface area contributed by atoms with Gasteiger partial charge in [0.1, 0.15) is 5.69 Å². The van der Waals surface area contributed by atoms with Gasteiger partial charge in [0.15, 0.2) is 0 Å². The molecule has 1 aromatic rings. The summed E-state index contributed by atoms with van der Waals surface area (Å²) in [7, 11) is 1.31. The Bertz CT molecular complexity index is 278. The molecule has 0 saturated heterocycles. The molecule has 2 N–H and O–H groups in total. The molecule has 0 amide bonds. The average molecular weight is 152 g/mol. The van der Waals surface area contributed by atoms with Crippen LogP contribution in [0.1, 0.15) is 16.2 Å². The van der Waals surface area contributed by atoms with E-state index in [9.17, 15) is 4.79 Å². The van der Waals surface area contributed by atoms with Gasteiger partial charge in [-0.05, 0) is 12.1 Å². The van der Waals surface area contributed by atoms with Crippen molar-refractivity contribution in [1.29, 1.82) is 5.41 Å². The first-order valence-electron chi connectivity index (χ1n) is 3.05. The highest BCUT2D eigenvalue weighted by molar-refractivity contribution is 5.89. The highest BCUT2D eigenvalue weighted by Gasteiger charge is 2.05. The molecule has 0 bridgehead atoms. The Balaban J connectivity index is 2.88. The Morgan fingerprint density at radius 1 is 1.73 bits per heavy atom. The molecule has 0 fully saturated rings. The molecule has 0 unspecified atom stereocenters. The molecule has 1 aromatic heterocycles. The Hall–Kier alpha value is -1.58. The van der Waals surface area contributed by atoms with Gasteiger partial charge in [0, 0.05) is 6.21 Å². The van der Waals surface area contributed by atoms with E-state index < -0.39 is 5.97 Å². The summed E-state index contributed by atoms with van der Waals surface area (Å²) < 4.78 is 4.45. The summed E-state index contributed by atoms with van der Waals surface area (Å²) in [5, 5.41) is 6.85. The van der Waals surface area contributed by atoms with E-state index in [2.05, 4.69) is 9.72 Å². The van der Waals surface area contributed by atoms with E-state index in [0.717, 1.165) is 6.21 Å². The van der Waals surface area contributed by atoms with Gasteiger partial charge >= 0.3 is 5.97 Å². The van der Waals surface area contributed by atoms with Crippen molar-refractivity contribution in [3.8, 4) is 0 Å². The second-order valence-electron chi connectivity index (χ2n) is 1.96. The highest BCUT2D eigenvalue weighted by atomic mass is 16.5. The predicted octanol–water partition coefficient (Wildman–Crippen LogP) is 0.799. The molecule has 0 saturated carbocycles. The van der Waals surface area contributed by atoms with Gasteiger partial charge in [-0.2, -0.15) is 0 Å². The normalized spacial score (nSPS) is 9.18. The van der Waals surface area contributed by atoms with Crippen molar-refractivity contribution >= 4 is 12.2 Å². The molecule has 0 aromatic carbocycles. The molecule has 0 radical (unpaired) electrons. The van der Waals surface area contributed by atoms with Crippen molar-refractivity contribution in [1.82, 2.24) is 4.98 Å². The first-order valence-corrected chi connectivity index (χ1v) is 3.05. The van der Waals surface area contributed by atoms with Crippen molar-refractivity contribution in [3.05, 3.63) is 23.5 Å². The van der Waals surface area contributed by atoms with Crippen LogP contribution in [0.2, 0.25) is 0 Å². The molecule has 58 valence electrons. The van der Waals surface area contributed by atoms with E-state index in [1.807, 2.05) is 0 Å². The van der Waals surface area contributed by atoms with Crippen molar-refractivity contribution in [2.75, 3.05) is 7.11 Å². The lowest BCUT2D eigenvalue weighted by atomic mass is 10.4. The molecular weight excluding hydrogens is 144 g/mol. The molecule has 4 nitrogen and oxygen atoms in total. The zero-order valence-electron chi connectivity index (χ0n) is 6.05. The topological polar surface area (TPSA) is 65.9 Å². The molecule has 1 rings (SSSR count). The third kappa shape index (κ3) is 1.46. The lowest BCUT2D eigenvalue weighted by Gasteiger charge is -1.92. The number of methoxy groups -OCH3 is 1. The van der Waals surface area contributed by atoms with Gasteiger partial charge in [-0.3, -0.25) is 0 Å². The van der Waals surface area contributed by atoms with E-state index >= 15 is 0 Å². The van der Waals surface area contributed by atoms with Gasteiger partial charge in [-0.15, -0.1) is 0 Å². The van der Waals surface area contributed by atoms with E-state index in [1.54, 1.807) is 12.1 Å². The van der Waals surface area contributed by atoms with Crippen LogP contribution in [0.15, 0.2) is 12.1 Å². The number of esters is 1. The summed E-state index contributed by atoms with van der Waals surface area (Å²) in [4.78, 5) is 13.5. The van der Waals surface area contributed by atoms with E-state index in [-0.39, 0.29) is 0 Å². The number of nitrogens with one attached hydrogen (secondary N) is 2. The average Bonchev–Trinajstić information content (AvgIpc) is 2.50. The molecule has 0 aliphatic rings. The summed E-state index contributed by atoms with van der Waals surface area (Å²) in [6.07, 6.45) is 1.13. The lowest BCUT2D eigenvalue weighted by molar-refractivity contribution is 0.0595. The number of H-pyrrole nitrogens is 1. The summed E-state index contributed by atoms with van der Waals surface area (Å²) in [6, 6.07) is 3.21. The second-order valence-corrected chi connectivity index (χ2v) is 1.96. The predicted molar refractivity (Wildman–Crippen MR) is 40.0 cm³/mol. The van der Waals surface area contributed by atoms with Crippen LogP contribution in [0, 0.1) is 5.41 Å². The molecule has 0 spiro atoms. The third-order valence-electron chi connectivity index (χ3n) is 1.27. The molecule has 0 atom stereocenters. The molecular formula is C7H8N2O2. The smallest absolute Gasteiger partial charge is 0.354 e. The quantitative estimate of drug-likeness (QED) is 0.486. The van der Waals surface area contributed by atoms with Crippen molar-refractivity contribution in [2.24, 2.45) is 0 Å². The number of carbonyl (C=O) groups is 1. The number of hydrogen-bond donors (Lipinski definition) is 2. The van der Waals surface area contributed by atoms with Crippen LogP contribution in [-0.4, -0.2) is 24.3 Å². The van der Waals surface area contributed by atoms with Gasteiger partial charge in [-0.25, -0.2) is 4.79 Å². The van der Waals surface area contributed by atoms with Crippen LogP contribution in [0.4, 0.5) is 0 Å². The number of carbonyl (C=O) groups excluding carboxylic acids is 1. The first kappa shape index (κ1) is 7.53. The maximum absolute atomic E-state index is 10.8. The minimum Gasteiger partial charge on any atom is -0.464 e. The number of hydrogen-bond acceptors (Lipinski definition) is 3. The number of rotatable bonds is 2. The van der Waals surface area contributed by atoms with Crippen LogP contribution in [0.25, 0.3) is 0 Å². The van der Waals surface area contributed by atoms with Crippen LogP contribution >= 0.6 is 0 Å². The fourth-order valence-corrected chi connectivity index (χ4v) is 0.725. The Kier molecular flexibility index (Phi) is 2.06. The van der Waals surface area contributed by atoms with Gasteiger partial charge in [0.2, 0.25) is 0 Å². The zero-order chi connectivity index (χ0) is 8.27. The maximum atomic E-state index is 10.8. The first-order chi connectivity index (χ1) is 5.27. The van der Waals surface area contributed by atoms with Crippen LogP contribution in [-0.2, 0) is 4.74 Å². The summed E-state index contributed by atoms with van der Waals surface area (Å²) in [5.41, 5.74) is 0.955. The van der Waals surface area contributed by atoms with Crippen molar-refractivity contribution in [3.63, 3.8) is 0 Å². The zero-order valence-corrected chi connectivity index (χ0v) is 6.05. The van der Waals surface area contributed by atoms with E-state index in [1.165, 1.54) is 7.11 Å². The fourth-order valence-electron chi connectivity index (χ4n) is 0.725. The fraction of sp³-hybridized carbons (Fsp3) is 0.143. The van der Waals surface area contributed by atoms with Gasteiger partial charge in [0.05, 0.1) is 12.8 Å². The van der Waals surface area contributed by atoms with E-state index in [4.69, 9.17) is 5.41 Å². The van der Waals surface area contributed by atoms with E-state index in [0.29, 0.717) is 11.4 Å². The van der Waals surface area contributed by atoms with Gasteiger partial charge in [-0.1, -0.05) is 0 Å². The maximum Gasteiger partial charge on any atom is 0.354 e. The van der Waals surface area contributed by atoms with Crippen molar-refractivity contribution < 1.29 is 9.53 Å². The third-order valence-corrected chi connectivity index (χ3v) is 1.27. The Morgan fingerprint density at radius 3 is 2.91 bits per heavy atom. The molecule has 4 heteroatoms. The summed E-state index contributed by atoms with van der Waals surface area (Å²) in [6.45, 7) is 0. The minimum atomic E-state index is -0.418. The minimum absolute atomic E-state index is 0.367. The van der Waals surface area contributed by atoms with Gasteiger partial charge in [0.25, 0.3) is 0 Å². The molecule has 0 aliphatic heterocycles. The van der Waals surface area contributed by atoms with Gasteiger partial charge < -0.3 is 15.1 Å². The number of ether oxygens (including phenoxy) is 1. The standard InChI is InChI=1S/C7H8N2O2/c1-11-7(10)6-3-2-5(4-8)9-6/h2-4,8-9H,1H3. The Morgan fingerprint density at radius 2 is 2.45 bits per heavy atom. The van der Waals surface area contributed by atoms with Crippen LogP contribution in [0.3, 0.4) is 0 Å². The number of aromatic nitrogens is 1. The summed E-state index contributed by atoms with van der Waals surface area (Å²) >= 11 is 0. The van der Waals surface area contributed by atoms with Crippen molar-refractivity contribution in [2.45, 2.75) is 0 Å². The SMILES string of the molecule is COC(=O)c1ccc(C=N)[nH]1. The molecule has 0 aliphatic carbocycles. The van der Waals surface area contributed by atoms with Crippen LogP contribution < -0.4 is 0 Å².